The highest BCUT2D eigenvalue weighted by molar-refractivity contribution is 5.31. The van der Waals surface area contributed by atoms with E-state index < -0.39 is 0 Å². The predicted octanol–water partition coefficient (Wildman–Crippen LogP) is 2.23. The second-order valence-electron chi connectivity index (χ2n) is 3.41. The number of aryl methyl sites for hydroxylation is 1. The van der Waals surface area contributed by atoms with Gasteiger partial charge in [-0.05, 0) is 43.5 Å². The van der Waals surface area contributed by atoms with Gasteiger partial charge in [0, 0.05) is 0 Å². The number of nitriles is 1. The maximum atomic E-state index is 8.61. The van der Waals surface area contributed by atoms with Crippen molar-refractivity contribution in [2.24, 2.45) is 5.73 Å². The van der Waals surface area contributed by atoms with Gasteiger partial charge in [0.05, 0.1) is 11.6 Å². The van der Waals surface area contributed by atoms with Crippen LogP contribution in [0.1, 0.15) is 30.4 Å². The molecule has 14 heavy (non-hydrogen) atoms. The van der Waals surface area contributed by atoms with Crippen LogP contribution in [-0.2, 0) is 6.42 Å². The molecule has 0 bridgehead atoms. The lowest BCUT2D eigenvalue weighted by molar-refractivity contribution is 0.686. The van der Waals surface area contributed by atoms with E-state index in [1.807, 2.05) is 24.3 Å². The Morgan fingerprint density at radius 3 is 2.36 bits per heavy atom. The van der Waals surface area contributed by atoms with Gasteiger partial charge < -0.3 is 5.73 Å². The molecule has 0 aromatic heterocycles. The molecule has 0 aliphatic rings. The molecule has 0 spiro atoms. The third-order valence-electron chi connectivity index (χ3n) is 2.25. The molecule has 2 nitrogen and oxygen atoms in total. The molecular weight excluding hydrogens is 172 g/mol. The molecule has 1 rings (SSSR count). The van der Waals surface area contributed by atoms with Crippen molar-refractivity contribution in [2.45, 2.75) is 25.7 Å². The zero-order valence-electron chi connectivity index (χ0n) is 8.37. The summed E-state index contributed by atoms with van der Waals surface area (Å²) in [5, 5.41) is 8.61. The van der Waals surface area contributed by atoms with Crippen molar-refractivity contribution in [3.63, 3.8) is 0 Å². The van der Waals surface area contributed by atoms with Crippen LogP contribution in [0.2, 0.25) is 0 Å². The summed E-state index contributed by atoms with van der Waals surface area (Å²) in [4.78, 5) is 0. The standard InChI is InChI=1S/C12H16N2/c13-9-3-1-2-4-11-5-7-12(10-14)8-6-11/h5-8H,1-4,9,13H2. The lowest BCUT2D eigenvalue weighted by Gasteiger charge is -2.00. The Morgan fingerprint density at radius 2 is 1.79 bits per heavy atom. The maximum Gasteiger partial charge on any atom is 0.0991 e. The van der Waals surface area contributed by atoms with Gasteiger partial charge in [0.2, 0.25) is 0 Å². The Morgan fingerprint density at radius 1 is 1.07 bits per heavy atom. The first-order valence-corrected chi connectivity index (χ1v) is 5.06. The number of hydrogen-bond acceptors (Lipinski definition) is 2. The average molecular weight is 188 g/mol. The van der Waals surface area contributed by atoms with Gasteiger partial charge in [-0.15, -0.1) is 0 Å². The van der Waals surface area contributed by atoms with Gasteiger partial charge in [-0.1, -0.05) is 18.6 Å². The molecule has 74 valence electrons. The fourth-order valence-electron chi connectivity index (χ4n) is 1.40. The van der Waals surface area contributed by atoms with E-state index in [9.17, 15) is 0 Å². The number of nitrogens with zero attached hydrogens (tertiary/aromatic N) is 1. The van der Waals surface area contributed by atoms with Crippen LogP contribution in [0.3, 0.4) is 0 Å². The van der Waals surface area contributed by atoms with Gasteiger partial charge in [0.1, 0.15) is 0 Å². The van der Waals surface area contributed by atoms with E-state index >= 15 is 0 Å². The largest absolute Gasteiger partial charge is 0.330 e. The maximum absolute atomic E-state index is 8.61. The number of hydrogen-bond donors (Lipinski definition) is 1. The molecule has 0 fully saturated rings. The molecule has 1 aromatic rings. The first-order valence-electron chi connectivity index (χ1n) is 5.06. The smallest absolute Gasteiger partial charge is 0.0991 e. The van der Waals surface area contributed by atoms with Gasteiger partial charge >= 0.3 is 0 Å². The van der Waals surface area contributed by atoms with Crippen LogP contribution in [-0.4, -0.2) is 6.54 Å². The molecule has 0 aliphatic heterocycles. The van der Waals surface area contributed by atoms with Gasteiger partial charge in [-0.25, -0.2) is 0 Å². The predicted molar refractivity (Wildman–Crippen MR) is 57.8 cm³/mol. The molecule has 2 heteroatoms. The second kappa shape index (κ2) is 6.17. The van der Waals surface area contributed by atoms with Crippen molar-refractivity contribution in [2.75, 3.05) is 6.54 Å². The Bertz CT molecular complexity index is 295. The Kier molecular flexibility index (Phi) is 4.74. The third kappa shape index (κ3) is 3.59. The molecule has 0 atom stereocenters. The normalized spacial score (nSPS) is 9.71. The summed E-state index contributed by atoms with van der Waals surface area (Å²) in [7, 11) is 0. The van der Waals surface area contributed by atoms with Crippen LogP contribution in [0.5, 0.6) is 0 Å². The molecule has 2 N–H and O–H groups in total. The quantitative estimate of drug-likeness (QED) is 0.720. The molecule has 0 aliphatic carbocycles. The van der Waals surface area contributed by atoms with Crippen LogP contribution < -0.4 is 5.73 Å². The lowest BCUT2D eigenvalue weighted by Crippen LogP contribution is -1.98. The average Bonchev–Trinajstić information content (AvgIpc) is 2.25. The fraction of sp³-hybridized carbons (Fsp3) is 0.417. The number of nitrogens with two attached hydrogens (primary N) is 1. The molecular formula is C12H16N2. The first-order chi connectivity index (χ1) is 6.86. The van der Waals surface area contributed by atoms with E-state index in [1.165, 1.54) is 18.4 Å². The summed E-state index contributed by atoms with van der Waals surface area (Å²) < 4.78 is 0. The highest BCUT2D eigenvalue weighted by Crippen LogP contribution is 2.07. The lowest BCUT2D eigenvalue weighted by atomic mass is 10.1. The van der Waals surface area contributed by atoms with E-state index in [0.717, 1.165) is 24.9 Å². The topological polar surface area (TPSA) is 49.8 Å². The minimum atomic E-state index is 0.732. The van der Waals surface area contributed by atoms with Crippen LogP contribution in [0.25, 0.3) is 0 Å². The Hall–Kier alpha value is -1.33. The van der Waals surface area contributed by atoms with Crippen molar-refractivity contribution in [3.8, 4) is 6.07 Å². The van der Waals surface area contributed by atoms with Gasteiger partial charge in [0.25, 0.3) is 0 Å². The van der Waals surface area contributed by atoms with Gasteiger partial charge in [-0.2, -0.15) is 5.26 Å². The molecule has 0 unspecified atom stereocenters. The second-order valence-corrected chi connectivity index (χ2v) is 3.41. The Balaban J connectivity index is 2.33. The van der Waals surface area contributed by atoms with Crippen LogP contribution in [0.4, 0.5) is 0 Å². The SMILES string of the molecule is N#Cc1ccc(CCCCCN)cc1. The van der Waals surface area contributed by atoms with Crippen molar-refractivity contribution >= 4 is 0 Å². The molecule has 0 saturated carbocycles. The van der Waals surface area contributed by atoms with E-state index in [-0.39, 0.29) is 0 Å². The van der Waals surface area contributed by atoms with Crippen LogP contribution >= 0.6 is 0 Å². The van der Waals surface area contributed by atoms with E-state index in [0.29, 0.717) is 0 Å². The van der Waals surface area contributed by atoms with E-state index in [1.54, 1.807) is 0 Å². The fourth-order valence-corrected chi connectivity index (χ4v) is 1.40. The van der Waals surface area contributed by atoms with Crippen LogP contribution in [0, 0.1) is 11.3 Å². The highest BCUT2D eigenvalue weighted by atomic mass is 14.5. The van der Waals surface area contributed by atoms with Crippen molar-refractivity contribution in [1.82, 2.24) is 0 Å². The summed E-state index contributed by atoms with van der Waals surface area (Å²) in [6.07, 6.45) is 4.57. The zero-order chi connectivity index (χ0) is 10.2. The molecule has 0 heterocycles. The van der Waals surface area contributed by atoms with Crippen molar-refractivity contribution < 1.29 is 0 Å². The van der Waals surface area contributed by atoms with E-state index in [2.05, 4.69) is 6.07 Å². The summed E-state index contributed by atoms with van der Waals surface area (Å²) in [6.45, 7) is 0.785. The van der Waals surface area contributed by atoms with Crippen LogP contribution in [0.15, 0.2) is 24.3 Å². The van der Waals surface area contributed by atoms with Crippen molar-refractivity contribution in [3.05, 3.63) is 35.4 Å². The minimum Gasteiger partial charge on any atom is -0.330 e. The number of benzene rings is 1. The summed E-state index contributed by atoms with van der Waals surface area (Å²) in [5.41, 5.74) is 7.45. The monoisotopic (exact) mass is 188 g/mol. The minimum absolute atomic E-state index is 0.732. The zero-order valence-corrected chi connectivity index (χ0v) is 8.37. The Labute approximate surface area is 85.4 Å². The number of rotatable bonds is 5. The third-order valence-corrected chi connectivity index (χ3v) is 2.25. The molecule has 1 aromatic carbocycles. The van der Waals surface area contributed by atoms with Gasteiger partial charge in [0.15, 0.2) is 0 Å². The molecule has 0 saturated heterocycles. The number of unbranched alkanes of at least 4 members (excludes halogenated alkanes) is 2. The molecule has 0 radical (unpaired) electrons. The summed E-state index contributed by atoms with van der Waals surface area (Å²) >= 11 is 0. The van der Waals surface area contributed by atoms with Gasteiger partial charge in [-0.3, -0.25) is 0 Å². The highest BCUT2D eigenvalue weighted by Gasteiger charge is 1.94. The molecule has 0 amide bonds. The summed E-state index contributed by atoms with van der Waals surface area (Å²) in [6, 6.07) is 9.92. The van der Waals surface area contributed by atoms with Crippen molar-refractivity contribution in [1.29, 1.82) is 5.26 Å². The van der Waals surface area contributed by atoms with E-state index in [4.69, 9.17) is 11.0 Å². The first kappa shape index (κ1) is 10.7. The summed E-state index contributed by atoms with van der Waals surface area (Å²) in [5.74, 6) is 0.